The molecule has 0 saturated heterocycles. The van der Waals surface area contributed by atoms with Gasteiger partial charge in [-0.05, 0) is 42.9 Å². The van der Waals surface area contributed by atoms with E-state index in [1.807, 2.05) is 0 Å². The van der Waals surface area contributed by atoms with Crippen molar-refractivity contribution in [2.75, 3.05) is 0 Å². The van der Waals surface area contributed by atoms with Crippen LogP contribution in [0.3, 0.4) is 0 Å². The maximum Gasteiger partial charge on any atom is 0.133 e. The lowest BCUT2D eigenvalue weighted by atomic mass is 9.68. The van der Waals surface area contributed by atoms with E-state index in [0.29, 0.717) is 11.7 Å². The molecule has 0 aromatic rings. The minimum Gasteiger partial charge on any atom is -0.300 e. The van der Waals surface area contributed by atoms with Crippen LogP contribution in [0, 0.1) is 23.7 Å². The standard InChI is InChI=1S/C15H28O/c1-5-6-14(16)10-13-9-12(4)7-8-15(13)11(2)3/h11-13,15H,5-10H2,1-4H3. The van der Waals surface area contributed by atoms with E-state index in [1.165, 1.54) is 19.3 Å². The summed E-state index contributed by atoms with van der Waals surface area (Å²) in [4.78, 5) is 11.8. The fourth-order valence-corrected chi connectivity index (χ4v) is 3.31. The van der Waals surface area contributed by atoms with E-state index >= 15 is 0 Å². The summed E-state index contributed by atoms with van der Waals surface area (Å²) in [7, 11) is 0. The van der Waals surface area contributed by atoms with Crippen LogP contribution in [0.2, 0.25) is 0 Å². The zero-order valence-corrected chi connectivity index (χ0v) is 11.5. The zero-order chi connectivity index (χ0) is 12.1. The molecular weight excluding hydrogens is 196 g/mol. The average molecular weight is 224 g/mol. The first-order valence-electron chi connectivity index (χ1n) is 7.06. The third kappa shape index (κ3) is 3.92. The summed E-state index contributed by atoms with van der Waals surface area (Å²) in [6, 6.07) is 0. The molecule has 0 bridgehead atoms. The van der Waals surface area contributed by atoms with Crippen molar-refractivity contribution in [1.82, 2.24) is 0 Å². The van der Waals surface area contributed by atoms with Crippen molar-refractivity contribution < 1.29 is 4.79 Å². The van der Waals surface area contributed by atoms with E-state index < -0.39 is 0 Å². The van der Waals surface area contributed by atoms with Crippen LogP contribution in [0.15, 0.2) is 0 Å². The second kappa shape index (κ2) is 6.42. The topological polar surface area (TPSA) is 17.1 Å². The zero-order valence-electron chi connectivity index (χ0n) is 11.5. The van der Waals surface area contributed by atoms with Crippen molar-refractivity contribution in [3.63, 3.8) is 0 Å². The van der Waals surface area contributed by atoms with Crippen LogP contribution in [0.5, 0.6) is 0 Å². The molecule has 1 heteroatoms. The Labute approximate surface area is 101 Å². The Morgan fingerprint density at radius 1 is 1.31 bits per heavy atom. The van der Waals surface area contributed by atoms with Gasteiger partial charge in [0, 0.05) is 12.8 Å². The van der Waals surface area contributed by atoms with Crippen LogP contribution in [0.25, 0.3) is 0 Å². The summed E-state index contributed by atoms with van der Waals surface area (Å²) >= 11 is 0. The second-order valence-corrected chi connectivity index (χ2v) is 6.08. The molecule has 1 nitrogen and oxygen atoms in total. The van der Waals surface area contributed by atoms with Crippen LogP contribution in [0.4, 0.5) is 0 Å². The van der Waals surface area contributed by atoms with Crippen molar-refractivity contribution in [2.24, 2.45) is 23.7 Å². The molecular formula is C15H28O. The summed E-state index contributed by atoms with van der Waals surface area (Å²) in [5.74, 6) is 3.52. The molecule has 0 aromatic carbocycles. The smallest absolute Gasteiger partial charge is 0.133 e. The Morgan fingerprint density at radius 2 is 2.00 bits per heavy atom. The molecule has 0 aromatic heterocycles. The van der Waals surface area contributed by atoms with E-state index in [2.05, 4.69) is 27.7 Å². The van der Waals surface area contributed by atoms with E-state index in [0.717, 1.165) is 37.0 Å². The predicted octanol–water partition coefficient (Wildman–Crippen LogP) is 4.45. The van der Waals surface area contributed by atoms with Gasteiger partial charge in [0.25, 0.3) is 0 Å². The van der Waals surface area contributed by atoms with Crippen molar-refractivity contribution >= 4 is 5.78 Å². The molecule has 1 aliphatic rings. The molecule has 1 fully saturated rings. The van der Waals surface area contributed by atoms with Gasteiger partial charge in [-0.2, -0.15) is 0 Å². The molecule has 94 valence electrons. The molecule has 0 N–H and O–H groups in total. The predicted molar refractivity (Wildman–Crippen MR) is 69.4 cm³/mol. The van der Waals surface area contributed by atoms with Crippen LogP contribution in [0.1, 0.15) is 66.2 Å². The maximum absolute atomic E-state index is 11.8. The highest BCUT2D eigenvalue weighted by Gasteiger charge is 2.31. The van der Waals surface area contributed by atoms with Gasteiger partial charge in [-0.25, -0.2) is 0 Å². The Kier molecular flexibility index (Phi) is 5.51. The van der Waals surface area contributed by atoms with Crippen molar-refractivity contribution in [3.05, 3.63) is 0 Å². The van der Waals surface area contributed by atoms with Crippen LogP contribution >= 0.6 is 0 Å². The fraction of sp³-hybridized carbons (Fsp3) is 0.933. The molecule has 0 aliphatic heterocycles. The van der Waals surface area contributed by atoms with Gasteiger partial charge in [0.2, 0.25) is 0 Å². The normalized spacial score (nSPS) is 30.7. The van der Waals surface area contributed by atoms with Crippen molar-refractivity contribution in [3.8, 4) is 0 Å². The van der Waals surface area contributed by atoms with Crippen LogP contribution < -0.4 is 0 Å². The van der Waals surface area contributed by atoms with Crippen molar-refractivity contribution in [2.45, 2.75) is 66.2 Å². The third-order valence-electron chi connectivity index (χ3n) is 4.18. The van der Waals surface area contributed by atoms with Gasteiger partial charge in [-0.1, -0.05) is 34.1 Å². The van der Waals surface area contributed by atoms with Crippen LogP contribution in [-0.4, -0.2) is 5.78 Å². The summed E-state index contributed by atoms with van der Waals surface area (Å²) in [5, 5.41) is 0. The summed E-state index contributed by atoms with van der Waals surface area (Å²) in [6.45, 7) is 9.07. The number of ketones is 1. The van der Waals surface area contributed by atoms with Gasteiger partial charge in [0.15, 0.2) is 0 Å². The molecule has 3 unspecified atom stereocenters. The Hall–Kier alpha value is -0.330. The van der Waals surface area contributed by atoms with Gasteiger partial charge in [0.1, 0.15) is 5.78 Å². The lowest BCUT2D eigenvalue weighted by molar-refractivity contribution is -0.121. The van der Waals surface area contributed by atoms with Gasteiger partial charge in [-0.15, -0.1) is 0 Å². The monoisotopic (exact) mass is 224 g/mol. The molecule has 0 spiro atoms. The number of Topliss-reactive ketones (excluding diaryl/α,β-unsaturated/α-hetero) is 1. The van der Waals surface area contributed by atoms with E-state index in [9.17, 15) is 4.79 Å². The largest absolute Gasteiger partial charge is 0.300 e. The molecule has 3 atom stereocenters. The minimum absolute atomic E-state index is 0.493. The molecule has 1 saturated carbocycles. The average Bonchev–Trinajstić information content (AvgIpc) is 2.17. The van der Waals surface area contributed by atoms with Crippen LogP contribution in [-0.2, 0) is 4.79 Å². The lowest BCUT2D eigenvalue weighted by Crippen LogP contribution is -2.29. The molecule has 0 radical (unpaired) electrons. The molecule has 0 amide bonds. The van der Waals surface area contributed by atoms with E-state index in [-0.39, 0.29) is 0 Å². The van der Waals surface area contributed by atoms with Gasteiger partial charge in [-0.3, -0.25) is 4.79 Å². The fourth-order valence-electron chi connectivity index (χ4n) is 3.31. The summed E-state index contributed by atoms with van der Waals surface area (Å²) in [5.41, 5.74) is 0. The number of carbonyl (C=O) groups is 1. The lowest BCUT2D eigenvalue weighted by Gasteiger charge is -2.37. The van der Waals surface area contributed by atoms with Crippen molar-refractivity contribution in [1.29, 1.82) is 0 Å². The highest BCUT2D eigenvalue weighted by molar-refractivity contribution is 5.78. The number of hydrogen-bond acceptors (Lipinski definition) is 1. The quantitative estimate of drug-likeness (QED) is 0.674. The number of rotatable bonds is 5. The van der Waals surface area contributed by atoms with Gasteiger partial charge in [0.05, 0.1) is 0 Å². The molecule has 0 heterocycles. The first kappa shape index (κ1) is 13.7. The first-order chi connectivity index (χ1) is 7.54. The minimum atomic E-state index is 0.493. The summed E-state index contributed by atoms with van der Waals surface area (Å²) < 4.78 is 0. The molecule has 16 heavy (non-hydrogen) atoms. The first-order valence-corrected chi connectivity index (χ1v) is 7.06. The van der Waals surface area contributed by atoms with Gasteiger partial charge >= 0.3 is 0 Å². The molecule has 1 aliphatic carbocycles. The Bertz CT molecular complexity index is 219. The van der Waals surface area contributed by atoms with E-state index in [1.54, 1.807) is 0 Å². The highest BCUT2D eigenvalue weighted by atomic mass is 16.1. The SMILES string of the molecule is CCCC(=O)CC1CC(C)CCC1C(C)C. The maximum atomic E-state index is 11.8. The van der Waals surface area contributed by atoms with Gasteiger partial charge < -0.3 is 0 Å². The second-order valence-electron chi connectivity index (χ2n) is 6.08. The Morgan fingerprint density at radius 3 is 2.56 bits per heavy atom. The van der Waals surface area contributed by atoms with E-state index in [4.69, 9.17) is 0 Å². The number of carbonyl (C=O) groups excluding carboxylic acids is 1. The summed E-state index contributed by atoms with van der Waals surface area (Å²) in [6.07, 6.45) is 6.62. The molecule has 1 rings (SSSR count). The highest BCUT2D eigenvalue weighted by Crippen LogP contribution is 2.39. The number of hydrogen-bond donors (Lipinski definition) is 0. The Balaban J connectivity index is 2.54. The third-order valence-corrected chi connectivity index (χ3v) is 4.18.